The third-order valence-electron chi connectivity index (χ3n) is 4.07. The summed E-state index contributed by atoms with van der Waals surface area (Å²) in [4.78, 5) is 12.5. The first-order valence-corrected chi connectivity index (χ1v) is 7.06. The molecule has 1 amide bonds. The van der Waals surface area contributed by atoms with Gasteiger partial charge in [0.2, 0.25) is 0 Å². The zero-order valence-corrected chi connectivity index (χ0v) is 11.8. The van der Waals surface area contributed by atoms with Crippen LogP contribution in [0.3, 0.4) is 0 Å². The fourth-order valence-electron chi connectivity index (χ4n) is 2.99. The first-order valence-electron chi connectivity index (χ1n) is 7.06. The van der Waals surface area contributed by atoms with Gasteiger partial charge in [-0.05, 0) is 31.9 Å². The van der Waals surface area contributed by atoms with Crippen molar-refractivity contribution in [1.82, 2.24) is 5.32 Å². The maximum absolute atomic E-state index is 12.5. The predicted octanol–water partition coefficient (Wildman–Crippen LogP) is 3.11. The number of rotatable bonds is 3. The lowest BCUT2D eigenvalue weighted by Gasteiger charge is -2.17. The van der Waals surface area contributed by atoms with Gasteiger partial charge in [-0.25, -0.2) is 0 Å². The molecule has 0 spiro atoms. The molecule has 0 aromatic heterocycles. The Hall–Kier alpha value is -2.03. The van der Waals surface area contributed by atoms with Crippen LogP contribution in [-0.2, 0) is 9.53 Å². The van der Waals surface area contributed by atoms with E-state index < -0.39 is 0 Å². The van der Waals surface area contributed by atoms with Gasteiger partial charge < -0.3 is 10.1 Å². The van der Waals surface area contributed by atoms with Gasteiger partial charge in [-0.1, -0.05) is 36.4 Å². The molecule has 1 aromatic rings. The van der Waals surface area contributed by atoms with Crippen LogP contribution in [0.2, 0.25) is 0 Å². The van der Waals surface area contributed by atoms with Gasteiger partial charge >= 0.3 is 0 Å². The van der Waals surface area contributed by atoms with Gasteiger partial charge in [0.15, 0.2) is 0 Å². The van der Waals surface area contributed by atoms with Gasteiger partial charge in [0.25, 0.3) is 5.91 Å². The number of allylic oxidation sites excluding steroid dienone is 2. The molecule has 1 aliphatic heterocycles. The van der Waals surface area contributed by atoms with E-state index in [4.69, 9.17) is 4.74 Å². The Morgan fingerprint density at radius 1 is 1.35 bits per heavy atom. The highest BCUT2D eigenvalue weighted by atomic mass is 16.5. The number of hydrogen-bond donors (Lipinski definition) is 1. The minimum Gasteiger partial charge on any atom is -0.490 e. The molecule has 0 bridgehead atoms. The van der Waals surface area contributed by atoms with E-state index in [0.29, 0.717) is 0 Å². The van der Waals surface area contributed by atoms with E-state index >= 15 is 0 Å². The molecule has 3 atom stereocenters. The van der Waals surface area contributed by atoms with Gasteiger partial charge in [-0.2, -0.15) is 0 Å². The van der Waals surface area contributed by atoms with Gasteiger partial charge in [-0.15, -0.1) is 0 Å². The molecule has 1 aromatic carbocycles. The van der Waals surface area contributed by atoms with E-state index in [0.717, 1.165) is 23.3 Å². The summed E-state index contributed by atoms with van der Waals surface area (Å²) < 4.78 is 5.74. The van der Waals surface area contributed by atoms with Crippen LogP contribution in [-0.4, -0.2) is 12.0 Å². The quantitative estimate of drug-likeness (QED) is 0.856. The number of amides is 1. The van der Waals surface area contributed by atoms with Crippen molar-refractivity contribution >= 4 is 5.91 Å². The molecule has 0 fully saturated rings. The van der Waals surface area contributed by atoms with E-state index in [-0.39, 0.29) is 24.0 Å². The van der Waals surface area contributed by atoms with Gasteiger partial charge in [-0.3, -0.25) is 4.79 Å². The molecular formula is C17H19NO2. The van der Waals surface area contributed by atoms with Crippen molar-refractivity contribution in [1.29, 1.82) is 0 Å². The van der Waals surface area contributed by atoms with E-state index in [1.165, 1.54) is 0 Å². The lowest BCUT2D eigenvalue weighted by atomic mass is 9.95. The minimum absolute atomic E-state index is 0.00240. The number of benzene rings is 1. The van der Waals surface area contributed by atoms with Crippen LogP contribution in [0.25, 0.3) is 0 Å². The number of ether oxygens (including phenoxy) is 1. The Morgan fingerprint density at radius 3 is 2.85 bits per heavy atom. The van der Waals surface area contributed by atoms with Crippen molar-refractivity contribution in [2.24, 2.45) is 5.92 Å². The SMILES string of the molecule is CC1=C(C(=O)N[C@H](C)c2ccccc2)C2CC=CC2O1. The third kappa shape index (κ3) is 2.24. The smallest absolute Gasteiger partial charge is 0.251 e. The van der Waals surface area contributed by atoms with Crippen LogP contribution >= 0.6 is 0 Å². The molecule has 20 heavy (non-hydrogen) atoms. The molecule has 2 unspecified atom stereocenters. The summed E-state index contributed by atoms with van der Waals surface area (Å²) in [5.41, 5.74) is 1.92. The second-order valence-electron chi connectivity index (χ2n) is 5.43. The number of carbonyl (C=O) groups excluding carboxylic acids is 1. The second-order valence-corrected chi connectivity index (χ2v) is 5.43. The maximum Gasteiger partial charge on any atom is 0.251 e. The largest absolute Gasteiger partial charge is 0.490 e. The molecular weight excluding hydrogens is 250 g/mol. The van der Waals surface area contributed by atoms with Crippen LogP contribution in [0.1, 0.15) is 31.9 Å². The minimum atomic E-state index is -0.00458. The highest BCUT2D eigenvalue weighted by molar-refractivity contribution is 5.95. The number of fused-ring (bicyclic) bond motifs is 1. The molecule has 3 rings (SSSR count). The van der Waals surface area contributed by atoms with Crippen molar-refractivity contribution in [3.63, 3.8) is 0 Å². The zero-order valence-electron chi connectivity index (χ0n) is 11.8. The Kier molecular flexibility index (Phi) is 3.35. The Bertz CT molecular complexity index is 574. The van der Waals surface area contributed by atoms with Crippen LogP contribution in [0.5, 0.6) is 0 Å². The highest BCUT2D eigenvalue weighted by Gasteiger charge is 2.39. The first-order chi connectivity index (χ1) is 9.66. The average molecular weight is 269 g/mol. The molecule has 3 nitrogen and oxygen atoms in total. The molecule has 104 valence electrons. The predicted molar refractivity (Wildman–Crippen MR) is 77.8 cm³/mol. The lowest BCUT2D eigenvalue weighted by Crippen LogP contribution is -2.31. The first kappa shape index (κ1) is 13.0. The summed E-state index contributed by atoms with van der Waals surface area (Å²) in [6.07, 6.45) is 5.10. The van der Waals surface area contributed by atoms with Gasteiger partial charge in [0, 0.05) is 5.92 Å². The number of hydrogen-bond acceptors (Lipinski definition) is 2. The summed E-state index contributed by atoms with van der Waals surface area (Å²) in [6.45, 7) is 3.89. The van der Waals surface area contributed by atoms with Crippen molar-refractivity contribution in [3.05, 3.63) is 59.4 Å². The zero-order chi connectivity index (χ0) is 14.1. The Balaban J connectivity index is 1.72. The average Bonchev–Trinajstić information content (AvgIpc) is 2.99. The van der Waals surface area contributed by atoms with Crippen LogP contribution in [0.15, 0.2) is 53.8 Å². The summed E-state index contributed by atoms with van der Waals surface area (Å²) in [7, 11) is 0. The standard InChI is InChI=1S/C17H19NO2/c1-11(13-7-4-3-5-8-13)18-17(19)16-12(2)20-15-10-6-9-14(15)16/h3-8,10-11,14-15H,9H2,1-2H3,(H,18,19)/t11-,14?,15?/m1/s1. The molecule has 0 saturated heterocycles. The Morgan fingerprint density at radius 2 is 2.10 bits per heavy atom. The maximum atomic E-state index is 12.5. The number of carbonyl (C=O) groups is 1. The summed E-state index contributed by atoms with van der Waals surface area (Å²) in [5, 5.41) is 3.08. The van der Waals surface area contributed by atoms with E-state index in [1.807, 2.05) is 44.2 Å². The normalized spacial score (nSPS) is 25.3. The Labute approximate surface area is 119 Å². The van der Waals surface area contributed by atoms with Crippen LogP contribution < -0.4 is 5.32 Å². The van der Waals surface area contributed by atoms with Gasteiger partial charge in [0.05, 0.1) is 11.6 Å². The van der Waals surface area contributed by atoms with E-state index in [1.54, 1.807) is 0 Å². The monoisotopic (exact) mass is 269 g/mol. The van der Waals surface area contributed by atoms with Gasteiger partial charge in [0.1, 0.15) is 11.9 Å². The molecule has 0 saturated carbocycles. The molecule has 2 aliphatic rings. The molecule has 1 heterocycles. The van der Waals surface area contributed by atoms with Crippen LogP contribution in [0.4, 0.5) is 0 Å². The third-order valence-corrected chi connectivity index (χ3v) is 4.07. The fraction of sp³-hybridized carbons (Fsp3) is 0.353. The second kappa shape index (κ2) is 5.16. The molecule has 1 aliphatic carbocycles. The molecule has 0 radical (unpaired) electrons. The van der Waals surface area contributed by atoms with Crippen molar-refractivity contribution in [2.45, 2.75) is 32.4 Å². The van der Waals surface area contributed by atoms with Crippen molar-refractivity contribution in [3.8, 4) is 0 Å². The van der Waals surface area contributed by atoms with Crippen molar-refractivity contribution in [2.75, 3.05) is 0 Å². The molecule has 1 N–H and O–H groups in total. The number of nitrogens with one attached hydrogen (secondary N) is 1. The fourth-order valence-corrected chi connectivity index (χ4v) is 2.99. The van der Waals surface area contributed by atoms with E-state index in [2.05, 4.69) is 17.5 Å². The van der Waals surface area contributed by atoms with Crippen LogP contribution in [0, 0.1) is 5.92 Å². The lowest BCUT2D eigenvalue weighted by molar-refractivity contribution is -0.118. The molecule has 3 heteroatoms. The van der Waals surface area contributed by atoms with E-state index in [9.17, 15) is 4.79 Å². The highest BCUT2D eigenvalue weighted by Crippen LogP contribution is 2.38. The topological polar surface area (TPSA) is 38.3 Å². The summed E-state index contributed by atoms with van der Waals surface area (Å²) in [6, 6.07) is 9.99. The van der Waals surface area contributed by atoms with Crippen molar-refractivity contribution < 1.29 is 9.53 Å². The summed E-state index contributed by atoms with van der Waals surface area (Å²) >= 11 is 0. The summed E-state index contributed by atoms with van der Waals surface area (Å²) in [5.74, 6) is 0.954.